The summed E-state index contributed by atoms with van der Waals surface area (Å²) < 4.78 is 0. The molecule has 0 atom stereocenters. The van der Waals surface area contributed by atoms with Crippen LogP contribution in [0.2, 0.25) is 0 Å². The molecule has 0 aliphatic heterocycles. The van der Waals surface area contributed by atoms with Crippen molar-refractivity contribution in [1.82, 2.24) is 0 Å². The Kier molecular flexibility index (Phi) is 6.77. The first-order chi connectivity index (χ1) is 6.99. The third-order valence-electron chi connectivity index (χ3n) is 2.40. The first-order valence-electron chi connectivity index (χ1n) is 5.66. The van der Waals surface area contributed by atoms with E-state index in [0.717, 1.165) is 6.42 Å². The first kappa shape index (κ1) is 14.0. The van der Waals surface area contributed by atoms with Gasteiger partial charge in [-0.15, -0.1) is 0 Å². The van der Waals surface area contributed by atoms with Gasteiger partial charge in [-0.3, -0.25) is 0 Å². The molecule has 0 amide bonds. The highest BCUT2D eigenvalue weighted by Crippen LogP contribution is 2.09. The molecule has 84 valence electrons. The summed E-state index contributed by atoms with van der Waals surface area (Å²) in [5.74, 6) is 0. The molecule has 0 rings (SSSR count). The maximum absolute atomic E-state index is 2.25. The summed E-state index contributed by atoms with van der Waals surface area (Å²) in [6.07, 6.45) is 9.94. The van der Waals surface area contributed by atoms with Crippen LogP contribution in [-0.4, -0.2) is 0 Å². The molecule has 0 nitrogen and oxygen atoms in total. The molecule has 0 heterocycles. The van der Waals surface area contributed by atoms with Crippen molar-refractivity contribution in [1.29, 1.82) is 0 Å². The van der Waals surface area contributed by atoms with Gasteiger partial charge in [0.15, 0.2) is 0 Å². The lowest BCUT2D eigenvalue weighted by Gasteiger charge is -1.99. The van der Waals surface area contributed by atoms with Gasteiger partial charge in [0.05, 0.1) is 0 Å². The van der Waals surface area contributed by atoms with Crippen LogP contribution in [0.5, 0.6) is 0 Å². The molecule has 0 bridgehead atoms. The largest absolute Gasteiger partial charge is 0.0847 e. The molecule has 0 saturated carbocycles. The lowest BCUT2D eigenvalue weighted by molar-refractivity contribution is 1.09. The third kappa shape index (κ3) is 6.96. The Bertz CT molecular complexity index is 309. The van der Waals surface area contributed by atoms with Crippen molar-refractivity contribution >= 4 is 0 Å². The van der Waals surface area contributed by atoms with Crippen LogP contribution in [0.3, 0.4) is 0 Å². The normalized spacial score (nSPS) is 15.9. The van der Waals surface area contributed by atoms with E-state index >= 15 is 0 Å². The standard InChI is InChI=1S/C15H24/c1-7-12(3)9-14(5)11-15(6)10-13(4)8-2/h7,9-11H,8H2,1-6H3/b12-7+,13-10+,14-9+,15-11+. The SMILES string of the molecule is C/C=C(C)/C=C(C)/C=C(C)/C=C(\C)CC. The van der Waals surface area contributed by atoms with Crippen molar-refractivity contribution in [3.63, 3.8) is 0 Å². The second-order valence-corrected chi connectivity index (χ2v) is 4.15. The number of hydrogen-bond donors (Lipinski definition) is 0. The van der Waals surface area contributed by atoms with Crippen LogP contribution in [0.25, 0.3) is 0 Å². The molecular formula is C15H24. The van der Waals surface area contributed by atoms with E-state index in [0.29, 0.717) is 0 Å². The van der Waals surface area contributed by atoms with Crippen molar-refractivity contribution in [3.05, 3.63) is 46.6 Å². The summed E-state index contributed by atoms with van der Waals surface area (Å²) in [5, 5.41) is 0. The summed E-state index contributed by atoms with van der Waals surface area (Å²) >= 11 is 0. The minimum atomic E-state index is 1.13. The Labute approximate surface area is 95.1 Å². The summed E-state index contributed by atoms with van der Waals surface area (Å²) in [6.45, 7) is 12.9. The Morgan fingerprint density at radius 1 is 0.800 bits per heavy atom. The van der Waals surface area contributed by atoms with E-state index in [1.165, 1.54) is 22.3 Å². The Morgan fingerprint density at radius 2 is 1.27 bits per heavy atom. The zero-order valence-corrected chi connectivity index (χ0v) is 11.0. The van der Waals surface area contributed by atoms with E-state index in [1.54, 1.807) is 0 Å². The maximum Gasteiger partial charge on any atom is -0.0348 e. The Hall–Kier alpha value is -1.04. The van der Waals surface area contributed by atoms with E-state index in [2.05, 4.69) is 65.8 Å². The number of allylic oxidation sites excluding steroid dienone is 8. The summed E-state index contributed by atoms with van der Waals surface area (Å²) in [6, 6.07) is 0. The Balaban J connectivity index is 4.70. The predicted molar refractivity (Wildman–Crippen MR) is 71.0 cm³/mol. The minimum Gasteiger partial charge on any atom is -0.0847 e. The molecule has 0 aliphatic rings. The topological polar surface area (TPSA) is 0 Å². The average molecular weight is 204 g/mol. The van der Waals surface area contributed by atoms with Gasteiger partial charge in [-0.05, 0) is 41.0 Å². The molecule has 15 heavy (non-hydrogen) atoms. The van der Waals surface area contributed by atoms with Crippen LogP contribution in [0, 0.1) is 0 Å². The average Bonchev–Trinajstić information content (AvgIpc) is 2.16. The highest BCUT2D eigenvalue weighted by Gasteiger charge is 1.89. The molecule has 0 N–H and O–H groups in total. The fourth-order valence-corrected chi connectivity index (χ4v) is 1.38. The van der Waals surface area contributed by atoms with Gasteiger partial charge in [0.25, 0.3) is 0 Å². The van der Waals surface area contributed by atoms with Gasteiger partial charge >= 0.3 is 0 Å². The number of hydrogen-bond acceptors (Lipinski definition) is 0. The quantitative estimate of drug-likeness (QED) is 0.552. The highest BCUT2D eigenvalue weighted by atomic mass is 14.0. The van der Waals surface area contributed by atoms with E-state index in [1.807, 2.05) is 0 Å². The fourth-order valence-electron chi connectivity index (χ4n) is 1.38. The molecule has 0 saturated heterocycles. The lowest BCUT2D eigenvalue weighted by atomic mass is 10.1. The summed E-state index contributed by atoms with van der Waals surface area (Å²) in [7, 11) is 0. The minimum absolute atomic E-state index is 1.13. The smallest absolute Gasteiger partial charge is 0.0348 e. The third-order valence-corrected chi connectivity index (χ3v) is 2.40. The van der Waals surface area contributed by atoms with Crippen molar-refractivity contribution in [2.45, 2.75) is 48.0 Å². The molecule has 0 aliphatic carbocycles. The summed E-state index contributed by atoms with van der Waals surface area (Å²) in [4.78, 5) is 0. The maximum atomic E-state index is 2.25. The van der Waals surface area contributed by atoms with E-state index < -0.39 is 0 Å². The van der Waals surface area contributed by atoms with Crippen LogP contribution < -0.4 is 0 Å². The van der Waals surface area contributed by atoms with Gasteiger partial charge in [0.2, 0.25) is 0 Å². The van der Waals surface area contributed by atoms with E-state index in [4.69, 9.17) is 0 Å². The second kappa shape index (κ2) is 7.28. The zero-order chi connectivity index (χ0) is 11.8. The van der Waals surface area contributed by atoms with E-state index in [9.17, 15) is 0 Å². The van der Waals surface area contributed by atoms with Gasteiger partial charge < -0.3 is 0 Å². The van der Waals surface area contributed by atoms with Crippen molar-refractivity contribution in [2.75, 3.05) is 0 Å². The van der Waals surface area contributed by atoms with Crippen LogP contribution in [0.15, 0.2) is 46.6 Å². The van der Waals surface area contributed by atoms with Gasteiger partial charge in [-0.25, -0.2) is 0 Å². The zero-order valence-electron chi connectivity index (χ0n) is 11.0. The van der Waals surface area contributed by atoms with Gasteiger partial charge in [-0.2, -0.15) is 0 Å². The molecule has 0 spiro atoms. The van der Waals surface area contributed by atoms with Crippen LogP contribution in [0.4, 0.5) is 0 Å². The summed E-state index contributed by atoms with van der Waals surface area (Å²) in [5.41, 5.74) is 5.38. The monoisotopic (exact) mass is 204 g/mol. The fraction of sp³-hybridized carbons (Fsp3) is 0.467. The van der Waals surface area contributed by atoms with Crippen molar-refractivity contribution < 1.29 is 0 Å². The Morgan fingerprint density at radius 3 is 1.73 bits per heavy atom. The first-order valence-corrected chi connectivity index (χ1v) is 5.66. The van der Waals surface area contributed by atoms with Gasteiger partial charge in [0.1, 0.15) is 0 Å². The van der Waals surface area contributed by atoms with Crippen LogP contribution >= 0.6 is 0 Å². The molecule has 0 heteroatoms. The highest BCUT2D eigenvalue weighted by molar-refractivity contribution is 5.33. The molecule has 0 unspecified atom stereocenters. The number of rotatable bonds is 4. The molecule has 0 aromatic heterocycles. The molecule has 0 radical (unpaired) electrons. The van der Waals surface area contributed by atoms with Crippen molar-refractivity contribution in [3.8, 4) is 0 Å². The van der Waals surface area contributed by atoms with Crippen LogP contribution in [0.1, 0.15) is 48.0 Å². The van der Waals surface area contributed by atoms with Gasteiger partial charge in [-0.1, -0.05) is 53.5 Å². The molecule has 0 aromatic rings. The second-order valence-electron chi connectivity index (χ2n) is 4.15. The van der Waals surface area contributed by atoms with Crippen LogP contribution in [-0.2, 0) is 0 Å². The molecule has 0 fully saturated rings. The van der Waals surface area contributed by atoms with Crippen molar-refractivity contribution in [2.24, 2.45) is 0 Å². The lowest BCUT2D eigenvalue weighted by Crippen LogP contribution is -1.78. The van der Waals surface area contributed by atoms with E-state index in [-0.39, 0.29) is 0 Å². The van der Waals surface area contributed by atoms with Gasteiger partial charge in [0, 0.05) is 0 Å². The molecular weight excluding hydrogens is 180 g/mol. The molecule has 0 aromatic carbocycles. The predicted octanol–water partition coefficient (Wildman–Crippen LogP) is 5.20.